The lowest BCUT2D eigenvalue weighted by Crippen LogP contribution is -2.22. The van der Waals surface area contributed by atoms with E-state index in [4.69, 9.17) is 9.68 Å². The van der Waals surface area contributed by atoms with Crippen molar-refractivity contribution in [3.8, 4) is 29.0 Å². The Labute approximate surface area is 173 Å². The maximum absolute atomic E-state index is 12.4. The van der Waals surface area contributed by atoms with E-state index in [9.17, 15) is 4.79 Å². The highest BCUT2D eigenvalue weighted by Gasteiger charge is 2.12. The van der Waals surface area contributed by atoms with Gasteiger partial charge in [-0.15, -0.1) is 10.2 Å². The Morgan fingerprint density at radius 3 is 2.23 bits per heavy atom. The number of aryl methyl sites for hydroxylation is 1. The maximum atomic E-state index is 12.4. The second-order valence-electron chi connectivity index (χ2n) is 6.85. The Balaban J connectivity index is 1.43. The minimum absolute atomic E-state index is 0.199. The zero-order valence-corrected chi connectivity index (χ0v) is 16.3. The molecule has 1 N–H and O–H groups in total. The average molecular weight is 394 g/mol. The number of amides is 1. The molecule has 1 heterocycles. The summed E-state index contributed by atoms with van der Waals surface area (Å²) in [5.74, 6) is 0.645. The van der Waals surface area contributed by atoms with Crippen LogP contribution in [0.2, 0.25) is 0 Å². The number of carbonyl (C=O) groups excluding carboxylic acids is 1. The van der Waals surface area contributed by atoms with Crippen LogP contribution in [-0.2, 0) is 6.54 Å². The van der Waals surface area contributed by atoms with Crippen molar-refractivity contribution < 1.29 is 9.21 Å². The maximum Gasteiger partial charge on any atom is 0.251 e. The Bertz CT molecular complexity index is 1220. The summed E-state index contributed by atoms with van der Waals surface area (Å²) in [6.45, 7) is 2.36. The zero-order chi connectivity index (χ0) is 20.9. The van der Waals surface area contributed by atoms with Crippen molar-refractivity contribution in [2.45, 2.75) is 13.5 Å². The molecule has 0 fully saturated rings. The van der Waals surface area contributed by atoms with E-state index in [2.05, 4.69) is 21.6 Å². The van der Waals surface area contributed by atoms with Gasteiger partial charge in [-0.25, -0.2) is 0 Å². The standard InChI is InChI=1S/C24H18N4O2/c1-16-5-7-20(8-6-16)23-27-28-24(30-23)21-11-9-19(10-12-21)22(29)26-15-18-4-2-3-17(13-18)14-25/h2-13H,15H2,1H3,(H,26,29). The molecule has 0 aliphatic rings. The van der Waals surface area contributed by atoms with Gasteiger partial charge in [0, 0.05) is 23.2 Å². The van der Waals surface area contributed by atoms with E-state index in [1.165, 1.54) is 0 Å². The minimum atomic E-state index is -0.199. The van der Waals surface area contributed by atoms with E-state index in [-0.39, 0.29) is 5.91 Å². The second kappa shape index (κ2) is 8.41. The van der Waals surface area contributed by atoms with Crippen LogP contribution in [0.15, 0.2) is 77.2 Å². The van der Waals surface area contributed by atoms with Crippen LogP contribution >= 0.6 is 0 Å². The zero-order valence-electron chi connectivity index (χ0n) is 16.3. The van der Waals surface area contributed by atoms with Gasteiger partial charge in [0.25, 0.3) is 5.91 Å². The summed E-state index contributed by atoms with van der Waals surface area (Å²) in [5.41, 5.74) is 4.71. The van der Waals surface area contributed by atoms with Gasteiger partial charge >= 0.3 is 0 Å². The fourth-order valence-corrected chi connectivity index (χ4v) is 2.95. The van der Waals surface area contributed by atoms with Gasteiger partial charge in [0.05, 0.1) is 11.6 Å². The number of aromatic nitrogens is 2. The van der Waals surface area contributed by atoms with Crippen LogP contribution in [0.5, 0.6) is 0 Å². The molecule has 1 aromatic heterocycles. The van der Waals surface area contributed by atoms with Crippen molar-refractivity contribution in [3.05, 3.63) is 95.1 Å². The summed E-state index contributed by atoms with van der Waals surface area (Å²) in [6.07, 6.45) is 0. The lowest BCUT2D eigenvalue weighted by molar-refractivity contribution is 0.0951. The lowest BCUT2D eigenvalue weighted by atomic mass is 10.1. The van der Waals surface area contributed by atoms with Crippen LogP contribution in [0.25, 0.3) is 22.9 Å². The van der Waals surface area contributed by atoms with E-state index in [1.807, 2.05) is 37.3 Å². The smallest absolute Gasteiger partial charge is 0.251 e. The molecule has 4 rings (SSSR count). The molecule has 6 nitrogen and oxygen atoms in total. The number of nitrogens with zero attached hydrogens (tertiary/aromatic N) is 3. The number of benzene rings is 3. The summed E-state index contributed by atoms with van der Waals surface area (Å²) in [5, 5.41) is 20.0. The Hall–Kier alpha value is -4.24. The summed E-state index contributed by atoms with van der Waals surface area (Å²) >= 11 is 0. The molecule has 146 valence electrons. The third-order valence-corrected chi connectivity index (χ3v) is 4.63. The number of hydrogen-bond acceptors (Lipinski definition) is 5. The van der Waals surface area contributed by atoms with Crippen LogP contribution in [-0.4, -0.2) is 16.1 Å². The molecule has 0 aliphatic carbocycles. The van der Waals surface area contributed by atoms with E-state index in [0.717, 1.165) is 22.3 Å². The van der Waals surface area contributed by atoms with Gasteiger partial charge in [-0.2, -0.15) is 5.26 Å². The molecule has 0 bridgehead atoms. The van der Waals surface area contributed by atoms with Crippen molar-refractivity contribution >= 4 is 5.91 Å². The Kier molecular flexibility index (Phi) is 5.35. The highest BCUT2D eigenvalue weighted by Crippen LogP contribution is 2.24. The first-order valence-corrected chi connectivity index (χ1v) is 9.40. The lowest BCUT2D eigenvalue weighted by Gasteiger charge is -2.06. The molecule has 6 heteroatoms. The van der Waals surface area contributed by atoms with E-state index in [1.54, 1.807) is 42.5 Å². The predicted octanol–water partition coefficient (Wildman–Crippen LogP) is 4.51. The Morgan fingerprint density at radius 1 is 0.967 bits per heavy atom. The quantitative estimate of drug-likeness (QED) is 0.537. The van der Waals surface area contributed by atoms with Gasteiger partial charge in [-0.3, -0.25) is 4.79 Å². The van der Waals surface area contributed by atoms with Crippen molar-refractivity contribution in [1.82, 2.24) is 15.5 Å². The molecular formula is C24H18N4O2. The van der Waals surface area contributed by atoms with Crippen molar-refractivity contribution in [1.29, 1.82) is 5.26 Å². The molecule has 0 atom stereocenters. The van der Waals surface area contributed by atoms with Crippen LogP contribution in [0.3, 0.4) is 0 Å². The van der Waals surface area contributed by atoms with Crippen LogP contribution in [0.1, 0.15) is 27.0 Å². The molecule has 0 aliphatic heterocycles. The molecule has 0 spiro atoms. The van der Waals surface area contributed by atoms with Gasteiger partial charge in [0.2, 0.25) is 11.8 Å². The molecule has 4 aromatic rings. The van der Waals surface area contributed by atoms with Crippen LogP contribution in [0, 0.1) is 18.3 Å². The van der Waals surface area contributed by atoms with Crippen molar-refractivity contribution in [2.24, 2.45) is 0 Å². The van der Waals surface area contributed by atoms with Gasteiger partial charge in [0.1, 0.15) is 0 Å². The predicted molar refractivity (Wildman–Crippen MR) is 112 cm³/mol. The number of nitriles is 1. The molecule has 0 saturated heterocycles. The molecule has 3 aromatic carbocycles. The fourth-order valence-electron chi connectivity index (χ4n) is 2.95. The highest BCUT2D eigenvalue weighted by atomic mass is 16.4. The largest absolute Gasteiger partial charge is 0.416 e. The summed E-state index contributed by atoms with van der Waals surface area (Å²) < 4.78 is 5.77. The monoisotopic (exact) mass is 394 g/mol. The first-order chi connectivity index (χ1) is 14.6. The molecular weight excluding hydrogens is 376 g/mol. The first kappa shape index (κ1) is 19.1. The Morgan fingerprint density at radius 2 is 1.60 bits per heavy atom. The highest BCUT2D eigenvalue weighted by molar-refractivity contribution is 5.94. The number of carbonyl (C=O) groups is 1. The van der Waals surface area contributed by atoms with Crippen molar-refractivity contribution in [3.63, 3.8) is 0 Å². The van der Waals surface area contributed by atoms with Gasteiger partial charge < -0.3 is 9.73 Å². The molecule has 0 saturated carbocycles. The van der Waals surface area contributed by atoms with Crippen LogP contribution in [0.4, 0.5) is 0 Å². The summed E-state index contributed by atoms with van der Waals surface area (Å²) in [4.78, 5) is 12.4. The minimum Gasteiger partial charge on any atom is -0.416 e. The second-order valence-corrected chi connectivity index (χ2v) is 6.85. The van der Waals surface area contributed by atoms with Crippen LogP contribution < -0.4 is 5.32 Å². The van der Waals surface area contributed by atoms with Crippen molar-refractivity contribution in [2.75, 3.05) is 0 Å². The molecule has 30 heavy (non-hydrogen) atoms. The van der Waals surface area contributed by atoms with Gasteiger partial charge in [-0.05, 0) is 61.0 Å². The third kappa shape index (κ3) is 4.26. The molecule has 1 amide bonds. The van der Waals surface area contributed by atoms with Gasteiger partial charge in [-0.1, -0.05) is 29.8 Å². The fraction of sp³-hybridized carbons (Fsp3) is 0.0833. The van der Waals surface area contributed by atoms with Gasteiger partial charge in [0.15, 0.2) is 0 Å². The SMILES string of the molecule is Cc1ccc(-c2nnc(-c3ccc(C(=O)NCc4cccc(C#N)c4)cc3)o2)cc1. The van der Waals surface area contributed by atoms with E-state index >= 15 is 0 Å². The summed E-state index contributed by atoms with van der Waals surface area (Å²) in [7, 11) is 0. The number of nitrogens with one attached hydrogen (secondary N) is 1. The van der Waals surface area contributed by atoms with E-state index < -0.39 is 0 Å². The molecule has 0 unspecified atom stereocenters. The normalized spacial score (nSPS) is 10.4. The number of rotatable bonds is 5. The average Bonchev–Trinajstić information content (AvgIpc) is 3.28. The first-order valence-electron chi connectivity index (χ1n) is 9.40. The third-order valence-electron chi connectivity index (χ3n) is 4.63. The number of hydrogen-bond donors (Lipinski definition) is 1. The summed E-state index contributed by atoms with van der Waals surface area (Å²) in [6, 6.07) is 24.1. The molecule has 0 radical (unpaired) electrons. The van der Waals surface area contributed by atoms with E-state index in [0.29, 0.717) is 29.5 Å². The topological polar surface area (TPSA) is 91.8 Å².